The number of imidazole rings is 2. The first-order valence-electron chi connectivity index (χ1n) is 21.1. The van der Waals surface area contributed by atoms with Crippen LogP contribution in [0.25, 0.3) is 22.3 Å². The van der Waals surface area contributed by atoms with Crippen molar-refractivity contribution in [3.63, 3.8) is 0 Å². The van der Waals surface area contributed by atoms with E-state index in [-0.39, 0.29) is 29.4 Å². The van der Waals surface area contributed by atoms with Crippen LogP contribution in [-0.2, 0) is 40.6 Å². The number of fused-ring (bicyclic) bond motifs is 4. The number of aliphatic hydroxyl groups is 1. The van der Waals surface area contributed by atoms with Crippen molar-refractivity contribution in [3.05, 3.63) is 94.3 Å². The zero-order chi connectivity index (χ0) is 42.6. The SMILES string of the molecule is CC(=O)CCCn1c(CN2C(=O)C(C3CC3)c3ccncc32)nc2nc(Cl)ccc21.CC(C)(O)CCCn1c(CN2C(=O)C(C3CC3)c3ccncc32)nc2nc(Cl)ccc21. The van der Waals surface area contributed by atoms with Gasteiger partial charge in [0.1, 0.15) is 27.7 Å². The maximum atomic E-state index is 13.4. The van der Waals surface area contributed by atoms with Crippen LogP contribution in [0, 0.1) is 11.8 Å². The monoisotopic (exact) mass is 862 g/mol. The summed E-state index contributed by atoms with van der Waals surface area (Å²) in [5.41, 5.74) is 6.02. The van der Waals surface area contributed by atoms with Gasteiger partial charge >= 0.3 is 0 Å². The molecule has 1 N–H and O–H groups in total. The van der Waals surface area contributed by atoms with Crippen LogP contribution >= 0.6 is 23.2 Å². The van der Waals surface area contributed by atoms with Crippen LogP contribution in [0.4, 0.5) is 11.4 Å². The van der Waals surface area contributed by atoms with E-state index in [0.717, 1.165) is 77.3 Å². The fourth-order valence-electron chi connectivity index (χ4n) is 8.95. The summed E-state index contributed by atoms with van der Waals surface area (Å²) in [7, 11) is 0. The van der Waals surface area contributed by atoms with E-state index in [2.05, 4.69) is 29.1 Å². The third kappa shape index (κ3) is 8.50. The molecule has 0 saturated heterocycles. The van der Waals surface area contributed by atoms with Crippen LogP contribution in [0.2, 0.25) is 10.3 Å². The van der Waals surface area contributed by atoms with Gasteiger partial charge in [-0.3, -0.25) is 19.6 Å². The second-order valence-electron chi connectivity index (χ2n) is 17.4. The van der Waals surface area contributed by atoms with E-state index in [1.165, 1.54) is 0 Å². The summed E-state index contributed by atoms with van der Waals surface area (Å²) in [6.07, 6.45) is 14.1. The zero-order valence-corrected chi connectivity index (χ0v) is 36.0. The van der Waals surface area contributed by atoms with Crippen LogP contribution in [0.5, 0.6) is 0 Å². The average molecular weight is 864 g/mol. The molecule has 2 amide bonds. The van der Waals surface area contributed by atoms with E-state index in [0.29, 0.717) is 78.9 Å². The van der Waals surface area contributed by atoms with Gasteiger partial charge in [0.2, 0.25) is 11.8 Å². The van der Waals surface area contributed by atoms with Crippen LogP contribution in [0.1, 0.15) is 107 Å². The van der Waals surface area contributed by atoms with Gasteiger partial charge in [-0.15, -0.1) is 0 Å². The lowest BCUT2D eigenvalue weighted by atomic mass is 9.97. The molecule has 16 heteroatoms. The molecule has 2 aliphatic carbocycles. The molecule has 2 atom stereocenters. The molecular weight excluding hydrogens is 815 g/mol. The number of Topliss-reactive ketones (excluding diaryl/α,β-unsaturated/α-hetero) is 1. The Hall–Kier alpha value is -5.31. The van der Waals surface area contributed by atoms with E-state index in [9.17, 15) is 19.5 Å². The summed E-state index contributed by atoms with van der Waals surface area (Å²) >= 11 is 12.2. The lowest BCUT2D eigenvalue weighted by molar-refractivity contribution is -0.120. The van der Waals surface area contributed by atoms with Gasteiger partial charge in [-0.05, 0) is 125 Å². The fourth-order valence-corrected chi connectivity index (χ4v) is 9.24. The first-order chi connectivity index (χ1) is 29.3. The molecule has 2 fully saturated rings. The molecule has 0 aromatic carbocycles. The summed E-state index contributed by atoms with van der Waals surface area (Å²) in [6, 6.07) is 11.2. The number of nitrogens with zero attached hydrogens (tertiary/aromatic N) is 10. The summed E-state index contributed by atoms with van der Waals surface area (Å²) in [4.78, 5) is 68.4. The van der Waals surface area contributed by atoms with Gasteiger partial charge in [0.25, 0.3) is 0 Å². The van der Waals surface area contributed by atoms with Crippen molar-refractivity contribution < 1.29 is 19.5 Å². The summed E-state index contributed by atoms with van der Waals surface area (Å²) < 4.78 is 4.15. The predicted molar refractivity (Wildman–Crippen MR) is 232 cm³/mol. The van der Waals surface area contributed by atoms with Crippen LogP contribution < -0.4 is 9.80 Å². The Labute approximate surface area is 363 Å². The topological polar surface area (TPSA) is 165 Å². The summed E-state index contributed by atoms with van der Waals surface area (Å²) in [5, 5.41) is 10.9. The second-order valence-corrected chi connectivity index (χ2v) is 18.2. The van der Waals surface area contributed by atoms with Gasteiger partial charge in [0.05, 0.1) is 65.3 Å². The lowest BCUT2D eigenvalue weighted by Gasteiger charge is -2.20. The number of amides is 2. The van der Waals surface area contributed by atoms with Gasteiger partial charge in [0, 0.05) is 31.9 Å². The Morgan fingerprint density at radius 2 is 1.16 bits per heavy atom. The number of halogens is 2. The number of hydrogen-bond acceptors (Lipinski definition) is 10. The van der Waals surface area contributed by atoms with E-state index in [1.807, 2.05) is 43.0 Å². The summed E-state index contributed by atoms with van der Waals surface area (Å²) in [5.74, 6) is 2.63. The largest absolute Gasteiger partial charge is 0.390 e. The van der Waals surface area contributed by atoms with Crippen LogP contribution in [0.15, 0.2) is 61.2 Å². The normalized spacial score (nSPS) is 18.5. The minimum Gasteiger partial charge on any atom is -0.390 e. The Bertz CT molecular complexity index is 2670. The Kier molecular flexibility index (Phi) is 11.1. The molecular formula is C45H48Cl2N10O4. The molecule has 10 rings (SSSR count). The van der Waals surface area contributed by atoms with Gasteiger partial charge in [-0.1, -0.05) is 23.2 Å². The smallest absolute Gasteiger partial charge is 0.235 e. The van der Waals surface area contributed by atoms with Gasteiger partial charge < -0.3 is 28.8 Å². The van der Waals surface area contributed by atoms with E-state index in [4.69, 9.17) is 33.2 Å². The fraction of sp³-hybridized carbons (Fsp3) is 0.444. The van der Waals surface area contributed by atoms with Gasteiger partial charge in [0.15, 0.2) is 11.3 Å². The molecule has 0 spiro atoms. The molecule has 0 bridgehead atoms. The molecule has 6 aromatic heterocycles. The highest BCUT2D eigenvalue weighted by molar-refractivity contribution is 6.30. The molecule has 14 nitrogen and oxygen atoms in total. The summed E-state index contributed by atoms with van der Waals surface area (Å²) in [6.45, 7) is 7.22. The van der Waals surface area contributed by atoms with Gasteiger partial charge in [-0.2, -0.15) is 0 Å². The van der Waals surface area contributed by atoms with E-state index >= 15 is 0 Å². The third-order valence-corrected chi connectivity index (χ3v) is 12.6. The average Bonchev–Trinajstić information content (AvgIpc) is 4.14. The maximum Gasteiger partial charge on any atom is 0.235 e. The highest BCUT2D eigenvalue weighted by Gasteiger charge is 2.47. The van der Waals surface area contributed by atoms with Crippen molar-refractivity contribution in [2.45, 2.75) is 116 Å². The Morgan fingerprint density at radius 3 is 1.59 bits per heavy atom. The Morgan fingerprint density at radius 1 is 0.705 bits per heavy atom. The van der Waals surface area contributed by atoms with Crippen molar-refractivity contribution >= 4 is 74.5 Å². The molecule has 0 radical (unpaired) electrons. The first-order valence-corrected chi connectivity index (χ1v) is 21.9. The molecule has 2 unspecified atom stereocenters. The van der Waals surface area contributed by atoms with Crippen LogP contribution in [0.3, 0.4) is 0 Å². The van der Waals surface area contributed by atoms with Crippen molar-refractivity contribution in [2.24, 2.45) is 11.8 Å². The number of pyridine rings is 4. The van der Waals surface area contributed by atoms with Crippen molar-refractivity contribution in [2.75, 3.05) is 9.80 Å². The molecule has 61 heavy (non-hydrogen) atoms. The number of carbonyl (C=O) groups is 3. The molecule has 4 aliphatic rings. The lowest BCUT2D eigenvalue weighted by Crippen LogP contribution is -2.30. The van der Waals surface area contributed by atoms with Crippen molar-refractivity contribution in [1.82, 2.24) is 39.0 Å². The minimum atomic E-state index is -0.731. The molecule has 316 valence electrons. The third-order valence-electron chi connectivity index (χ3n) is 12.2. The molecule has 2 saturated carbocycles. The predicted octanol–water partition coefficient (Wildman–Crippen LogP) is 7.96. The maximum absolute atomic E-state index is 13.4. The number of rotatable bonds is 14. The van der Waals surface area contributed by atoms with Crippen molar-refractivity contribution in [3.8, 4) is 0 Å². The first kappa shape index (κ1) is 41.1. The highest BCUT2D eigenvalue weighted by atomic mass is 35.5. The Balaban J connectivity index is 0.000000156. The number of hydrogen-bond donors (Lipinski definition) is 1. The minimum absolute atomic E-state index is 0.0708. The quantitative estimate of drug-likeness (QED) is 0.106. The van der Waals surface area contributed by atoms with E-state index in [1.54, 1.807) is 48.7 Å². The number of aryl methyl sites for hydroxylation is 2. The van der Waals surface area contributed by atoms with Crippen LogP contribution in [-0.4, -0.2) is 67.3 Å². The highest BCUT2D eigenvalue weighted by Crippen LogP contribution is 2.51. The number of aromatic nitrogens is 8. The molecule has 8 heterocycles. The molecule has 2 aliphatic heterocycles. The van der Waals surface area contributed by atoms with E-state index < -0.39 is 5.60 Å². The standard InChI is InChI=1S/C23H26ClN5O2.C22H22ClN5O2/c1-23(2,31)9-3-11-28-16-6-7-18(24)26-21(16)27-19(28)13-29-17-12-25-10-8-15(17)20(22(29)30)14-4-5-14;1-13(29)3-2-10-27-16-6-7-18(23)25-21(16)26-19(27)12-28-17-11-24-9-8-15(17)20(22(28)30)14-4-5-14/h6-8,10,12,14,20,31H,3-5,9,11,13H2,1-2H3;6-9,11,14,20H,2-5,10,12H2,1H3. The number of anilines is 2. The zero-order valence-electron chi connectivity index (χ0n) is 34.5. The molecule has 6 aromatic rings. The van der Waals surface area contributed by atoms with Crippen molar-refractivity contribution in [1.29, 1.82) is 0 Å². The second kappa shape index (κ2) is 16.5. The van der Waals surface area contributed by atoms with Gasteiger partial charge in [-0.25, -0.2) is 19.9 Å². The number of ketones is 1. The number of carbonyl (C=O) groups excluding carboxylic acids is 3.